The molecule has 112 valence electrons. The maximum Gasteiger partial charge on any atom is 0.276 e. The van der Waals surface area contributed by atoms with Crippen LogP contribution in [-0.2, 0) is 0 Å². The second-order valence-electron chi connectivity index (χ2n) is 4.79. The molecular formula is C17H10ClN3OS. The van der Waals surface area contributed by atoms with Crippen LogP contribution in [0.5, 0.6) is 0 Å². The molecule has 0 saturated heterocycles. The summed E-state index contributed by atoms with van der Waals surface area (Å²) in [5.41, 5.74) is 1.76. The lowest BCUT2D eigenvalue weighted by Crippen LogP contribution is -2.23. The molecule has 0 atom stereocenters. The molecule has 0 spiro atoms. The number of hydrogen-bond donors (Lipinski definition) is 1. The van der Waals surface area contributed by atoms with Crippen LogP contribution in [-0.4, -0.2) is 9.55 Å². The quantitative estimate of drug-likeness (QED) is 0.715. The van der Waals surface area contributed by atoms with E-state index in [9.17, 15) is 4.79 Å². The smallest absolute Gasteiger partial charge is 0.276 e. The third kappa shape index (κ3) is 2.82. The van der Waals surface area contributed by atoms with Gasteiger partial charge in [0.2, 0.25) is 0 Å². The van der Waals surface area contributed by atoms with Crippen molar-refractivity contribution in [2.45, 2.75) is 0 Å². The first-order chi connectivity index (χ1) is 11.1. The van der Waals surface area contributed by atoms with Crippen LogP contribution < -0.4 is 5.56 Å². The van der Waals surface area contributed by atoms with E-state index in [-0.39, 0.29) is 10.3 Å². The third-order valence-corrected chi connectivity index (χ3v) is 3.92. The Balaban J connectivity index is 2.38. The van der Waals surface area contributed by atoms with Crippen molar-refractivity contribution in [1.29, 1.82) is 5.26 Å². The van der Waals surface area contributed by atoms with E-state index in [4.69, 9.17) is 29.1 Å². The zero-order valence-corrected chi connectivity index (χ0v) is 13.4. The highest BCUT2D eigenvalue weighted by Gasteiger charge is 2.13. The molecule has 0 aliphatic rings. The average molecular weight is 340 g/mol. The number of nitriles is 1. The summed E-state index contributed by atoms with van der Waals surface area (Å²) in [6, 6.07) is 16.6. The molecule has 4 nitrogen and oxygen atoms in total. The monoisotopic (exact) mass is 339 g/mol. The summed E-state index contributed by atoms with van der Waals surface area (Å²) in [4.78, 5) is 15.3. The Morgan fingerprint density at radius 2 is 1.91 bits per heavy atom. The average Bonchev–Trinajstić information content (AvgIpc) is 2.57. The van der Waals surface area contributed by atoms with Gasteiger partial charge in [0.1, 0.15) is 11.6 Å². The maximum absolute atomic E-state index is 12.5. The summed E-state index contributed by atoms with van der Waals surface area (Å²) in [5, 5.41) is 9.62. The zero-order valence-electron chi connectivity index (χ0n) is 11.8. The molecule has 1 N–H and O–H groups in total. The van der Waals surface area contributed by atoms with E-state index in [0.29, 0.717) is 10.7 Å². The summed E-state index contributed by atoms with van der Waals surface area (Å²) in [7, 11) is 0. The van der Waals surface area contributed by atoms with Crippen LogP contribution in [0.2, 0.25) is 5.02 Å². The van der Waals surface area contributed by atoms with Gasteiger partial charge >= 0.3 is 0 Å². The number of nitrogens with zero attached hydrogens (tertiary/aromatic N) is 2. The first kappa shape index (κ1) is 15.2. The van der Waals surface area contributed by atoms with Crippen molar-refractivity contribution in [3.05, 3.63) is 80.4 Å². The Hall–Kier alpha value is -2.68. The molecule has 0 fully saturated rings. The highest BCUT2D eigenvalue weighted by Crippen LogP contribution is 2.29. The topological polar surface area (TPSA) is 61.6 Å². The predicted octanol–water partition coefficient (Wildman–Crippen LogP) is 4.09. The van der Waals surface area contributed by atoms with Crippen molar-refractivity contribution in [3.8, 4) is 22.9 Å². The minimum atomic E-state index is -0.462. The number of halogens is 1. The molecule has 23 heavy (non-hydrogen) atoms. The van der Waals surface area contributed by atoms with Gasteiger partial charge in [-0.05, 0) is 36.0 Å². The lowest BCUT2D eigenvalue weighted by atomic mass is 10.0. The summed E-state index contributed by atoms with van der Waals surface area (Å²) < 4.78 is 1.53. The number of nitrogens with one attached hydrogen (secondary N) is 1. The summed E-state index contributed by atoms with van der Waals surface area (Å²) in [6.45, 7) is 0. The number of rotatable bonds is 2. The lowest BCUT2D eigenvalue weighted by Gasteiger charge is -2.13. The molecule has 3 rings (SSSR count). The molecule has 1 heterocycles. The molecule has 0 bridgehead atoms. The molecule has 0 saturated carbocycles. The largest absolute Gasteiger partial charge is 0.337 e. The van der Waals surface area contributed by atoms with Crippen molar-refractivity contribution in [2.75, 3.05) is 0 Å². The van der Waals surface area contributed by atoms with Gasteiger partial charge in [0.05, 0.1) is 5.69 Å². The SMILES string of the molecule is N#Cc1c[nH]c(=S)n(-c2ccc(Cl)cc2-c2ccccc2)c1=O. The number of hydrogen-bond acceptors (Lipinski definition) is 3. The molecule has 1 aromatic heterocycles. The van der Waals surface area contributed by atoms with E-state index < -0.39 is 5.56 Å². The highest BCUT2D eigenvalue weighted by molar-refractivity contribution is 7.71. The van der Waals surface area contributed by atoms with Gasteiger partial charge in [-0.3, -0.25) is 9.36 Å². The Morgan fingerprint density at radius 3 is 2.61 bits per heavy atom. The molecular weight excluding hydrogens is 330 g/mol. The van der Waals surface area contributed by atoms with E-state index in [1.54, 1.807) is 18.2 Å². The van der Waals surface area contributed by atoms with Gasteiger partial charge in [0.15, 0.2) is 4.77 Å². The second-order valence-corrected chi connectivity index (χ2v) is 5.61. The van der Waals surface area contributed by atoms with Gasteiger partial charge < -0.3 is 4.98 Å². The minimum absolute atomic E-state index is 0.00689. The predicted molar refractivity (Wildman–Crippen MR) is 92.4 cm³/mol. The van der Waals surface area contributed by atoms with Gasteiger partial charge in [-0.1, -0.05) is 41.9 Å². The van der Waals surface area contributed by atoms with Gasteiger partial charge in [0.25, 0.3) is 5.56 Å². The second kappa shape index (κ2) is 6.21. The zero-order chi connectivity index (χ0) is 16.4. The molecule has 0 amide bonds. The lowest BCUT2D eigenvalue weighted by molar-refractivity contribution is 0.907. The van der Waals surface area contributed by atoms with E-state index >= 15 is 0 Å². The Kier molecular flexibility index (Phi) is 4.11. The number of benzene rings is 2. The first-order valence-corrected chi connectivity index (χ1v) is 7.50. The number of aromatic nitrogens is 2. The van der Waals surface area contributed by atoms with Gasteiger partial charge in [-0.2, -0.15) is 5.26 Å². The Labute approximate surface area is 142 Å². The highest BCUT2D eigenvalue weighted by atomic mass is 35.5. The van der Waals surface area contributed by atoms with Crippen LogP contribution >= 0.6 is 23.8 Å². The van der Waals surface area contributed by atoms with E-state index in [0.717, 1.165) is 11.1 Å². The summed E-state index contributed by atoms with van der Waals surface area (Å²) in [5.74, 6) is 0. The number of aromatic amines is 1. The molecule has 0 radical (unpaired) electrons. The van der Waals surface area contributed by atoms with Crippen molar-refractivity contribution in [2.24, 2.45) is 0 Å². The summed E-state index contributed by atoms with van der Waals surface area (Å²) >= 11 is 11.4. The molecule has 3 aromatic rings. The van der Waals surface area contributed by atoms with Crippen LogP contribution in [0, 0.1) is 16.1 Å². The van der Waals surface area contributed by atoms with Gasteiger partial charge in [0, 0.05) is 16.8 Å². The molecule has 0 aliphatic carbocycles. The van der Waals surface area contributed by atoms with Crippen molar-refractivity contribution < 1.29 is 0 Å². The third-order valence-electron chi connectivity index (χ3n) is 3.38. The van der Waals surface area contributed by atoms with Crippen LogP contribution in [0.3, 0.4) is 0 Å². The van der Waals surface area contributed by atoms with Gasteiger partial charge in [-0.15, -0.1) is 0 Å². The van der Waals surface area contributed by atoms with Crippen LogP contribution in [0.15, 0.2) is 59.5 Å². The fourth-order valence-electron chi connectivity index (χ4n) is 2.32. The molecule has 6 heteroatoms. The first-order valence-electron chi connectivity index (χ1n) is 6.72. The summed E-state index contributed by atoms with van der Waals surface area (Å²) in [6.07, 6.45) is 1.32. The fraction of sp³-hybridized carbons (Fsp3) is 0. The normalized spacial score (nSPS) is 10.3. The fourth-order valence-corrected chi connectivity index (χ4v) is 2.74. The molecule has 0 aliphatic heterocycles. The van der Waals surface area contributed by atoms with E-state index in [2.05, 4.69) is 4.98 Å². The standard InChI is InChI=1S/C17H10ClN3OS/c18-13-6-7-15(14(8-13)11-4-2-1-3-5-11)21-16(22)12(9-19)10-20-17(21)23/h1-8,10H,(H,20,23). The van der Waals surface area contributed by atoms with E-state index in [1.165, 1.54) is 10.8 Å². The van der Waals surface area contributed by atoms with E-state index in [1.807, 2.05) is 36.4 Å². The van der Waals surface area contributed by atoms with Crippen LogP contribution in [0.4, 0.5) is 0 Å². The van der Waals surface area contributed by atoms with Crippen molar-refractivity contribution in [3.63, 3.8) is 0 Å². The van der Waals surface area contributed by atoms with Crippen molar-refractivity contribution >= 4 is 23.8 Å². The molecule has 2 aromatic carbocycles. The molecule has 0 unspecified atom stereocenters. The van der Waals surface area contributed by atoms with Crippen molar-refractivity contribution in [1.82, 2.24) is 9.55 Å². The van der Waals surface area contributed by atoms with Gasteiger partial charge in [-0.25, -0.2) is 0 Å². The van der Waals surface area contributed by atoms with Crippen LogP contribution in [0.1, 0.15) is 5.56 Å². The number of H-pyrrole nitrogens is 1. The Morgan fingerprint density at radius 1 is 1.17 bits per heavy atom. The van der Waals surface area contributed by atoms with Crippen LogP contribution in [0.25, 0.3) is 16.8 Å². The minimum Gasteiger partial charge on any atom is -0.337 e. The Bertz CT molecular complexity index is 1030. The maximum atomic E-state index is 12.5.